The fraction of sp³-hybridized carbons (Fsp3) is 0.316. The number of hydrogen-bond donors (Lipinski definition) is 1. The maximum atomic E-state index is 12.9. The van der Waals surface area contributed by atoms with E-state index in [1.54, 1.807) is 12.4 Å². The van der Waals surface area contributed by atoms with E-state index < -0.39 is 0 Å². The molecule has 1 saturated heterocycles. The molecule has 4 rings (SSSR count). The summed E-state index contributed by atoms with van der Waals surface area (Å²) in [5.41, 5.74) is 2.73. The summed E-state index contributed by atoms with van der Waals surface area (Å²) in [5, 5.41) is 7.96. The summed E-state index contributed by atoms with van der Waals surface area (Å²) in [4.78, 5) is 21.4. The van der Waals surface area contributed by atoms with Crippen LogP contribution in [0, 0.1) is 0 Å². The van der Waals surface area contributed by atoms with Crippen LogP contribution in [0.15, 0.2) is 48.9 Å². The number of nitrogens with zero attached hydrogens (tertiary/aromatic N) is 4. The third kappa shape index (κ3) is 3.00. The van der Waals surface area contributed by atoms with E-state index in [4.69, 9.17) is 0 Å². The van der Waals surface area contributed by atoms with Crippen molar-refractivity contribution in [3.8, 4) is 0 Å². The van der Waals surface area contributed by atoms with Gasteiger partial charge in [-0.25, -0.2) is 0 Å². The molecule has 1 N–H and O–H groups in total. The number of para-hydroxylation sites is 1. The van der Waals surface area contributed by atoms with Crippen LogP contribution in [-0.4, -0.2) is 57.1 Å². The molecule has 1 aliphatic heterocycles. The zero-order valence-electron chi connectivity index (χ0n) is 14.2. The lowest BCUT2D eigenvalue weighted by Crippen LogP contribution is -2.49. The Morgan fingerprint density at radius 2 is 1.96 bits per heavy atom. The van der Waals surface area contributed by atoms with E-state index in [1.165, 1.54) is 5.56 Å². The molecule has 0 saturated carbocycles. The minimum atomic E-state index is 0.0727. The first-order chi connectivity index (χ1) is 12.2. The number of fused-ring (bicyclic) bond motifs is 1. The number of aromatic nitrogens is 3. The van der Waals surface area contributed by atoms with Crippen molar-refractivity contribution in [2.75, 3.05) is 26.2 Å². The molecule has 6 nitrogen and oxygen atoms in total. The van der Waals surface area contributed by atoms with Crippen molar-refractivity contribution >= 4 is 16.8 Å². The van der Waals surface area contributed by atoms with E-state index in [-0.39, 0.29) is 5.91 Å². The first-order valence-corrected chi connectivity index (χ1v) is 8.59. The highest BCUT2D eigenvalue weighted by Crippen LogP contribution is 2.22. The van der Waals surface area contributed by atoms with E-state index in [0.29, 0.717) is 11.6 Å². The monoisotopic (exact) mass is 335 g/mol. The van der Waals surface area contributed by atoms with Gasteiger partial charge >= 0.3 is 0 Å². The van der Waals surface area contributed by atoms with Gasteiger partial charge in [0.1, 0.15) is 0 Å². The number of carbonyl (C=O) groups is 1. The van der Waals surface area contributed by atoms with Gasteiger partial charge in [-0.2, -0.15) is 5.10 Å². The topological polar surface area (TPSA) is 65.1 Å². The average Bonchev–Trinajstić information content (AvgIpc) is 3.16. The lowest BCUT2D eigenvalue weighted by atomic mass is 10.1. The Bertz CT molecular complexity index is 868. The van der Waals surface area contributed by atoms with E-state index in [0.717, 1.165) is 37.1 Å². The van der Waals surface area contributed by atoms with Gasteiger partial charge in [-0.3, -0.25) is 19.8 Å². The zero-order chi connectivity index (χ0) is 17.2. The number of carbonyl (C=O) groups excluding carboxylic acids is 1. The van der Waals surface area contributed by atoms with Crippen LogP contribution < -0.4 is 0 Å². The molecule has 1 amide bonds. The molecule has 128 valence electrons. The predicted octanol–water partition coefficient (Wildman–Crippen LogP) is 2.48. The Morgan fingerprint density at radius 1 is 1.12 bits per heavy atom. The standard InChI is InChI=1S/C19H21N5O/c1-14(15-5-3-7-20-12-15)23-8-10-24(11-9-23)19(25)17-6-2-4-16-13-21-22-18(16)17/h2-7,12-14H,8-11H2,1H3,(H,21,22)/t14-/m0/s1. The summed E-state index contributed by atoms with van der Waals surface area (Å²) in [7, 11) is 0. The van der Waals surface area contributed by atoms with Gasteiger partial charge < -0.3 is 4.90 Å². The largest absolute Gasteiger partial charge is 0.336 e. The van der Waals surface area contributed by atoms with Crippen LogP contribution in [0.4, 0.5) is 0 Å². The van der Waals surface area contributed by atoms with Crippen LogP contribution in [-0.2, 0) is 0 Å². The lowest BCUT2D eigenvalue weighted by Gasteiger charge is -2.38. The van der Waals surface area contributed by atoms with Gasteiger partial charge in [0.15, 0.2) is 0 Å². The van der Waals surface area contributed by atoms with Gasteiger partial charge in [-0.15, -0.1) is 0 Å². The number of hydrogen-bond acceptors (Lipinski definition) is 4. The first-order valence-electron chi connectivity index (χ1n) is 8.59. The smallest absolute Gasteiger partial charge is 0.256 e. The summed E-state index contributed by atoms with van der Waals surface area (Å²) in [5.74, 6) is 0.0727. The molecule has 6 heteroatoms. The first kappa shape index (κ1) is 15.8. The second kappa shape index (κ2) is 6.64. The molecule has 0 spiro atoms. The minimum absolute atomic E-state index is 0.0727. The van der Waals surface area contributed by atoms with Gasteiger partial charge in [-0.05, 0) is 24.6 Å². The number of rotatable bonds is 3. The number of H-pyrrole nitrogens is 1. The molecular weight excluding hydrogens is 314 g/mol. The van der Waals surface area contributed by atoms with Crippen molar-refractivity contribution in [3.05, 3.63) is 60.0 Å². The lowest BCUT2D eigenvalue weighted by molar-refractivity contribution is 0.0583. The van der Waals surface area contributed by atoms with Crippen molar-refractivity contribution < 1.29 is 4.79 Å². The van der Waals surface area contributed by atoms with E-state index in [2.05, 4.69) is 33.1 Å². The summed E-state index contributed by atoms with van der Waals surface area (Å²) in [6.45, 7) is 5.38. The molecule has 3 heterocycles. The number of benzene rings is 1. The second-order valence-electron chi connectivity index (χ2n) is 6.43. The van der Waals surface area contributed by atoms with Crippen molar-refractivity contribution in [3.63, 3.8) is 0 Å². The Kier molecular flexibility index (Phi) is 4.19. The SMILES string of the molecule is C[C@@H](c1cccnc1)N1CCN(C(=O)c2cccc3cn[nH]c23)CC1. The molecule has 0 bridgehead atoms. The molecule has 25 heavy (non-hydrogen) atoms. The molecule has 0 aliphatic carbocycles. The van der Waals surface area contributed by atoms with E-state index in [9.17, 15) is 4.79 Å². The predicted molar refractivity (Wildman–Crippen MR) is 96.2 cm³/mol. The van der Waals surface area contributed by atoms with Crippen LogP contribution in [0.3, 0.4) is 0 Å². The Labute approximate surface area is 146 Å². The van der Waals surface area contributed by atoms with Gasteiger partial charge in [0.05, 0.1) is 17.3 Å². The molecule has 3 aromatic rings. The van der Waals surface area contributed by atoms with Crippen LogP contribution in [0.25, 0.3) is 10.9 Å². The average molecular weight is 335 g/mol. The van der Waals surface area contributed by atoms with Crippen LogP contribution in [0.1, 0.15) is 28.9 Å². The quantitative estimate of drug-likeness (QED) is 0.799. The molecule has 1 aliphatic rings. The summed E-state index contributed by atoms with van der Waals surface area (Å²) in [6, 6.07) is 10.1. The van der Waals surface area contributed by atoms with Crippen molar-refractivity contribution in [1.29, 1.82) is 0 Å². The minimum Gasteiger partial charge on any atom is -0.336 e. The highest BCUT2D eigenvalue weighted by Gasteiger charge is 2.26. The molecule has 0 radical (unpaired) electrons. The van der Waals surface area contributed by atoms with E-state index >= 15 is 0 Å². The fourth-order valence-electron chi connectivity index (χ4n) is 3.46. The number of nitrogens with one attached hydrogen (secondary N) is 1. The van der Waals surface area contributed by atoms with Gasteiger partial charge in [0, 0.05) is 50.0 Å². The van der Waals surface area contributed by atoms with Crippen molar-refractivity contribution in [2.45, 2.75) is 13.0 Å². The number of amides is 1. The Morgan fingerprint density at radius 3 is 2.72 bits per heavy atom. The Hall–Kier alpha value is -2.73. The van der Waals surface area contributed by atoms with Crippen molar-refractivity contribution in [2.24, 2.45) is 0 Å². The van der Waals surface area contributed by atoms with Gasteiger partial charge in [0.2, 0.25) is 0 Å². The summed E-state index contributed by atoms with van der Waals surface area (Å²) < 4.78 is 0. The molecule has 1 aromatic carbocycles. The number of piperazine rings is 1. The normalized spacial score (nSPS) is 16.9. The number of pyridine rings is 1. The maximum Gasteiger partial charge on any atom is 0.256 e. The third-order valence-electron chi connectivity index (χ3n) is 5.02. The van der Waals surface area contributed by atoms with Gasteiger partial charge in [0.25, 0.3) is 5.91 Å². The third-order valence-corrected chi connectivity index (χ3v) is 5.02. The van der Waals surface area contributed by atoms with Crippen LogP contribution >= 0.6 is 0 Å². The summed E-state index contributed by atoms with van der Waals surface area (Å²) in [6.07, 6.45) is 5.46. The second-order valence-corrected chi connectivity index (χ2v) is 6.43. The molecule has 2 aromatic heterocycles. The van der Waals surface area contributed by atoms with E-state index in [1.807, 2.05) is 35.4 Å². The Balaban J connectivity index is 1.45. The molecule has 1 atom stereocenters. The van der Waals surface area contributed by atoms with Crippen LogP contribution in [0.2, 0.25) is 0 Å². The molecular formula is C19H21N5O. The van der Waals surface area contributed by atoms with Gasteiger partial charge in [-0.1, -0.05) is 18.2 Å². The maximum absolute atomic E-state index is 12.9. The molecule has 1 fully saturated rings. The highest BCUT2D eigenvalue weighted by molar-refractivity contribution is 6.05. The molecule has 0 unspecified atom stereocenters. The fourth-order valence-corrected chi connectivity index (χ4v) is 3.46. The number of aromatic amines is 1. The zero-order valence-corrected chi connectivity index (χ0v) is 14.2. The van der Waals surface area contributed by atoms with Crippen LogP contribution in [0.5, 0.6) is 0 Å². The van der Waals surface area contributed by atoms with Crippen molar-refractivity contribution in [1.82, 2.24) is 25.0 Å². The highest BCUT2D eigenvalue weighted by atomic mass is 16.2. The summed E-state index contributed by atoms with van der Waals surface area (Å²) >= 11 is 0.